The molecule has 1 N–H and O–H groups in total. The van der Waals surface area contributed by atoms with E-state index in [4.69, 9.17) is 0 Å². The Morgan fingerprint density at radius 1 is 1.55 bits per heavy atom. The van der Waals surface area contributed by atoms with Crippen molar-refractivity contribution < 1.29 is 4.92 Å². The molecular formula is C12H20N4O2S2. The second-order valence-corrected chi connectivity index (χ2v) is 7.58. The predicted octanol–water partition coefficient (Wildman–Crippen LogP) is 2.94. The fourth-order valence-electron chi connectivity index (χ4n) is 2.16. The van der Waals surface area contributed by atoms with Gasteiger partial charge in [0.15, 0.2) is 0 Å². The van der Waals surface area contributed by atoms with Crippen LogP contribution in [0.5, 0.6) is 0 Å². The number of hydrogen-bond donors (Lipinski definition) is 1. The van der Waals surface area contributed by atoms with Crippen LogP contribution in [0.25, 0.3) is 0 Å². The van der Waals surface area contributed by atoms with Gasteiger partial charge in [0.1, 0.15) is 5.69 Å². The van der Waals surface area contributed by atoms with Gasteiger partial charge in [0.05, 0.1) is 4.92 Å². The van der Waals surface area contributed by atoms with E-state index >= 15 is 0 Å². The first-order valence-corrected chi connectivity index (χ1v) is 8.87. The number of anilines is 1. The van der Waals surface area contributed by atoms with Gasteiger partial charge in [-0.1, -0.05) is 0 Å². The molecule has 1 atom stereocenters. The van der Waals surface area contributed by atoms with Gasteiger partial charge in [-0.05, 0) is 20.8 Å². The molecule has 1 aliphatic rings. The third-order valence-electron chi connectivity index (χ3n) is 3.11. The monoisotopic (exact) mass is 316 g/mol. The van der Waals surface area contributed by atoms with Gasteiger partial charge in [-0.2, -0.15) is 28.6 Å². The number of nitrogens with zero attached hydrogens (tertiary/aromatic N) is 3. The number of hydrogen-bond acceptors (Lipinski definition) is 6. The largest absolute Gasteiger partial charge is 0.363 e. The first-order valence-electron chi connectivity index (χ1n) is 6.67. The van der Waals surface area contributed by atoms with E-state index in [0.29, 0.717) is 16.8 Å². The summed E-state index contributed by atoms with van der Waals surface area (Å²) < 4.78 is 1.72. The maximum atomic E-state index is 11.2. The average Bonchev–Trinajstić information content (AvgIpc) is 2.74. The standard InChI is InChI=1S/C12H20N4O2S2/c1-8(2)15-12(11(16(17)18)9(3)14-15)13-6-10-7-19-4-5-20-10/h8,10,13H,4-7H2,1-3H3. The number of nitro groups is 1. The highest BCUT2D eigenvalue weighted by Gasteiger charge is 2.27. The summed E-state index contributed by atoms with van der Waals surface area (Å²) in [5.41, 5.74) is 0.573. The first kappa shape index (κ1) is 15.5. The summed E-state index contributed by atoms with van der Waals surface area (Å²) in [4.78, 5) is 10.9. The number of thioether (sulfide) groups is 2. The summed E-state index contributed by atoms with van der Waals surface area (Å²) >= 11 is 3.88. The summed E-state index contributed by atoms with van der Waals surface area (Å²) in [6.45, 7) is 6.39. The average molecular weight is 316 g/mol. The number of aryl methyl sites for hydroxylation is 1. The molecular weight excluding hydrogens is 296 g/mol. The van der Waals surface area contributed by atoms with Gasteiger partial charge in [-0.3, -0.25) is 10.1 Å². The highest BCUT2D eigenvalue weighted by atomic mass is 32.2. The van der Waals surface area contributed by atoms with E-state index in [-0.39, 0.29) is 16.7 Å². The van der Waals surface area contributed by atoms with E-state index in [1.54, 1.807) is 11.6 Å². The third kappa shape index (κ3) is 3.41. The van der Waals surface area contributed by atoms with Crippen molar-refractivity contribution in [2.75, 3.05) is 29.1 Å². The van der Waals surface area contributed by atoms with Crippen molar-refractivity contribution in [2.24, 2.45) is 0 Å². The van der Waals surface area contributed by atoms with E-state index in [9.17, 15) is 10.1 Å². The molecule has 0 spiro atoms. The fourth-order valence-corrected chi connectivity index (χ4v) is 4.77. The minimum atomic E-state index is -0.341. The first-order chi connectivity index (χ1) is 9.50. The number of aromatic nitrogens is 2. The van der Waals surface area contributed by atoms with E-state index < -0.39 is 0 Å². The molecule has 112 valence electrons. The molecule has 0 radical (unpaired) electrons. The molecule has 0 amide bonds. The van der Waals surface area contributed by atoms with Crippen molar-refractivity contribution in [2.45, 2.75) is 32.1 Å². The van der Waals surface area contributed by atoms with Gasteiger partial charge in [0, 0.05) is 35.1 Å². The highest BCUT2D eigenvalue weighted by Crippen LogP contribution is 2.31. The van der Waals surface area contributed by atoms with Gasteiger partial charge in [0.25, 0.3) is 0 Å². The van der Waals surface area contributed by atoms with Crippen LogP contribution in [0.15, 0.2) is 0 Å². The second kappa shape index (κ2) is 6.71. The van der Waals surface area contributed by atoms with Crippen LogP contribution in [0, 0.1) is 17.0 Å². The van der Waals surface area contributed by atoms with Crippen LogP contribution in [-0.4, -0.2) is 43.8 Å². The zero-order valence-electron chi connectivity index (χ0n) is 12.0. The van der Waals surface area contributed by atoms with Crippen molar-refractivity contribution in [1.82, 2.24) is 9.78 Å². The van der Waals surface area contributed by atoms with Crippen LogP contribution in [0.1, 0.15) is 25.6 Å². The molecule has 1 aromatic heterocycles. The van der Waals surface area contributed by atoms with Crippen LogP contribution in [0.3, 0.4) is 0 Å². The molecule has 0 aromatic carbocycles. The summed E-state index contributed by atoms with van der Waals surface area (Å²) in [5.74, 6) is 3.99. The van der Waals surface area contributed by atoms with Gasteiger partial charge in [0.2, 0.25) is 5.82 Å². The van der Waals surface area contributed by atoms with Crippen LogP contribution >= 0.6 is 23.5 Å². The Morgan fingerprint density at radius 2 is 2.30 bits per heavy atom. The molecule has 1 unspecified atom stereocenters. The molecule has 20 heavy (non-hydrogen) atoms. The Balaban J connectivity index is 2.17. The predicted molar refractivity (Wildman–Crippen MR) is 86.1 cm³/mol. The lowest BCUT2D eigenvalue weighted by molar-refractivity contribution is -0.384. The summed E-state index contributed by atoms with van der Waals surface area (Å²) in [6, 6.07) is 0.0956. The van der Waals surface area contributed by atoms with Crippen LogP contribution < -0.4 is 5.32 Å². The summed E-state index contributed by atoms with van der Waals surface area (Å²) in [7, 11) is 0. The lowest BCUT2D eigenvalue weighted by Crippen LogP contribution is -2.24. The topological polar surface area (TPSA) is 73.0 Å². The zero-order chi connectivity index (χ0) is 14.7. The lowest BCUT2D eigenvalue weighted by Gasteiger charge is -2.22. The van der Waals surface area contributed by atoms with E-state index in [1.807, 2.05) is 37.4 Å². The fraction of sp³-hybridized carbons (Fsp3) is 0.750. The number of rotatable bonds is 5. The Kier molecular flexibility index (Phi) is 5.20. The maximum Gasteiger partial charge on any atom is 0.333 e. The molecule has 2 heterocycles. The number of nitrogens with one attached hydrogen (secondary N) is 1. The van der Waals surface area contributed by atoms with E-state index in [0.717, 1.165) is 18.1 Å². The molecule has 6 nitrogen and oxygen atoms in total. The molecule has 2 rings (SSSR count). The smallest absolute Gasteiger partial charge is 0.333 e. The van der Waals surface area contributed by atoms with Gasteiger partial charge in [-0.15, -0.1) is 0 Å². The molecule has 1 aromatic rings. The van der Waals surface area contributed by atoms with Gasteiger partial charge < -0.3 is 5.32 Å². The second-order valence-electron chi connectivity index (χ2n) is 5.03. The maximum absolute atomic E-state index is 11.2. The normalized spacial score (nSPS) is 19.3. The Hall–Kier alpha value is -0.890. The van der Waals surface area contributed by atoms with Crippen LogP contribution in [0.4, 0.5) is 11.5 Å². The minimum absolute atomic E-state index is 0.0956. The molecule has 1 fully saturated rings. The van der Waals surface area contributed by atoms with E-state index in [1.165, 1.54) is 5.75 Å². The van der Waals surface area contributed by atoms with Crippen LogP contribution in [0.2, 0.25) is 0 Å². The molecule has 8 heteroatoms. The highest BCUT2D eigenvalue weighted by molar-refractivity contribution is 8.06. The molecule has 1 aliphatic heterocycles. The molecule has 0 bridgehead atoms. The molecule has 0 aliphatic carbocycles. The molecule has 1 saturated heterocycles. The van der Waals surface area contributed by atoms with Crippen LogP contribution in [-0.2, 0) is 0 Å². The summed E-state index contributed by atoms with van der Waals surface area (Å²) in [5, 5.41) is 19.3. The third-order valence-corrected chi connectivity index (χ3v) is 5.95. The SMILES string of the molecule is Cc1nn(C(C)C)c(NCC2CSCCS2)c1[N+](=O)[O-]. The Morgan fingerprint density at radius 3 is 2.85 bits per heavy atom. The Labute approximate surface area is 127 Å². The summed E-state index contributed by atoms with van der Waals surface area (Å²) in [6.07, 6.45) is 0. The minimum Gasteiger partial charge on any atom is -0.363 e. The van der Waals surface area contributed by atoms with Gasteiger partial charge in [-0.25, -0.2) is 4.68 Å². The van der Waals surface area contributed by atoms with Crippen molar-refractivity contribution in [3.8, 4) is 0 Å². The van der Waals surface area contributed by atoms with Crippen molar-refractivity contribution in [1.29, 1.82) is 0 Å². The zero-order valence-corrected chi connectivity index (χ0v) is 13.6. The van der Waals surface area contributed by atoms with Crippen molar-refractivity contribution in [3.63, 3.8) is 0 Å². The van der Waals surface area contributed by atoms with E-state index in [2.05, 4.69) is 10.4 Å². The van der Waals surface area contributed by atoms with Crippen molar-refractivity contribution >= 4 is 35.0 Å². The lowest BCUT2D eigenvalue weighted by atomic mass is 10.3. The molecule has 0 saturated carbocycles. The quantitative estimate of drug-likeness (QED) is 0.665. The Bertz CT molecular complexity index is 484. The van der Waals surface area contributed by atoms with Crippen molar-refractivity contribution in [3.05, 3.63) is 15.8 Å². The van der Waals surface area contributed by atoms with Gasteiger partial charge >= 0.3 is 5.69 Å².